The SMILES string of the molecule is NC(=O)NC1CC1(F)F. The predicted molar refractivity (Wildman–Crippen MR) is 26.1 cm³/mol. The first-order chi connectivity index (χ1) is 4.02. The summed E-state index contributed by atoms with van der Waals surface area (Å²) >= 11 is 0. The van der Waals surface area contributed by atoms with Crippen molar-refractivity contribution in [3.05, 3.63) is 0 Å². The number of rotatable bonds is 1. The molecule has 5 heteroatoms. The van der Waals surface area contributed by atoms with Crippen LogP contribution >= 0.6 is 0 Å². The minimum Gasteiger partial charge on any atom is -0.352 e. The van der Waals surface area contributed by atoms with Gasteiger partial charge in [0.15, 0.2) is 0 Å². The lowest BCUT2D eigenvalue weighted by atomic mass is 10.7. The molecule has 0 saturated heterocycles. The summed E-state index contributed by atoms with van der Waals surface area (Å²) in [6.07, 6.45) is -0.282. The van der Waals surface area contributed by atoms with Gasteiger partial charge in [-0.3, -0.25) is 0 Å². The van der Waals surface area contributed by atoms with Gasteiger partial charge in [0.2, 0.25) is 0 Å². The number of hydrogen-bond acceptors (Lipinski definition) is 1. The number of halogens is 2. The highest BCUT2D eigenvalue weighted by molar-refractivity contribution is 5.72. The first-order valence-electron chi connectivity index (χ1n) is 2.46. The molecule has 0 heterocycles. The molecular weight excluding hydrogens is 130 g/mol. The molecule has 1 aliphatic rings. The average Bonchev–Trinajstić information content (AvgIpc) is 2.10. The van der Waals surface area contributed by atoms with E-state index in [9.17, 15) is 13.6 Å². The van der Waals surface area contributed by atoms with E-state index in [4.69, 9.17) is 0 Å². The molecule has 1 aliphatic carbocycles. The number of carbonyl (C=O) groups is 1. The molecule has 0 spiro atoms. The molecule has 2 amide bonds. The van der Waals surface area contributed by atoms with Gasteiger partial charge in [0.1, 0.15) is 6.04 Å². The lowest BCUT2D eigenvalue weighted by Gasteiger charge is -1.95. The Kier molecular flexibility index (Phi) is 1.08. The van der Waals surface area contributed by atoms with Crippen molar-refractivity contribution < 1.29 is 13.6 Å². The van der Waals surface area contributed by atoms with Crippen LogP contribution in [0.5, 0.6) is 0 Å². The van der Waals surface area contributed by atoms with E-state index in [-0.39, 0.29) is 6.42 Å². The number of urea groups is 1. The standard InChI is InChI=1S/C4H6F2N2O/c5-4(6)1-2(4)8-3(7)9/h2H,1H2,(H3,7,8,9). The van der Waals surface area contributed by atoms with Crippen LogP contribution in [0.2, 0.25) is 0 Å². The van der Waals surface area contributed by atoms with Crippen molar-refractivity contribution in [3.8, 4) is 0 Å². The number of hydrogen-bond donors (Lipinski definition) is 2. The Morgan fingerprint density at radius 2 is 2.22 bits per heavy atom. The van der Waals surface area contributed by atoms with Crippen LogP contribution in [-0.2, 0) is 0 Å². The highest BCUT2D eigenvalue weighted by Crippen LogP contribution is 2.41. The Morgan fingerprint density at radius 3 is 2.33 bits per heavy atom. The second-order valence-corrected chi connectivity index (χ2v) is 2.03. The minimum absolute atomic E-state index is 0.282. The van der Waals surface area contributed by atoms with E-state index in [0.29, 0.717) is 0 Å². The Hall–Kier alpha value is -0.870. The van der Waals surface area contributed by atoms with Crippen LogP contribution in [0.3, 0.4) is 0 Å². The maximum Gasteiger partial charge on any atom is 0.312 e. The maximum atomic E-state index is 11.9. The number of alkyl halides is 2. The summed E-state index contributed by atoms with van der Waals surface area (Å²) in [5.41, 5.74) is 4.57. The third-order valence-electron chi connectivity index (χ3n) is 1.14. The van der Waals surface area contributed by atoms with Gasteiger partial charge >= 0.3 is 6.03 Å². The van der Waals surface area contributed by atoms with Crippen molar-refractivity contribution >= 4 is 6.03 Å². The van der Waals surface area contributed by atoms with Crippen molar-refractivity contribution in [2.24, 2.45) is 5.73 Å². The van der Waals surface area contributed by atoms with Crippen molar-refractivity contribution in [1.29, 1.82) is 0 Å². The summed E-state index contributed by atoms with van der Waals surface area (Å²) in [4.78, 5) is 9.92. The Bertz CT molecular complexity index is 148. The van der Waals surface area contributed by atoms with E-state index >= 15 is 0 Å². The average molecular weight is 136 g/mol. The van der Waals surface area contributed by atoms with Crippen LogP contribution in [0.15, 0.2) is 0 Å². The molecular formula is C4H6F2N2O. The van der Waals surface area contributed by atoms with Gasteiger partial charge in [-0.2, -0.15) is 0 Å². The fraction of sp³-hybridized carbons (Fsp3) is 0.750. The van der Waals surface area contributed by atoms with Gasteiger partial charge in [-0.15, -0.1) is 0 Å². The second kappa shape index (κ2) is 1.55. The summed E-state index contributed by atoms with van der Waals surface area (Å²) in [5, 5.41) is 1.90. The quantitative estimate of drug-likeness (QED) is 0.526. The van der Waals surface area contributed by atoms with E-state index in [1.54, 1.807) is 0 Å². The summed E-state index contributed by atoms with van der Waals surface area (Å²) in [7, 11) is 0. The van der Waals surface area contributed by atoms with Crippen molar-refractivity contribution in [2.45, 2.75) is 18.4 Å². The van der Waals surface area contributed by atoms with Crippen molar-refractivity contribution in [3.63, 3.8) is 0 Å². The van der Waals surface area contributed by atoms with Gasteiger partial charge < -0.3 is 11.1 Å². The molecule has 1 rings (SSSR count). The molecule has 52 valence electrons. The smallest absolute Gasteiger partial charge is 0.312 e. The zero-order valence-corrected chi connectivity index (χ0v) is 4.53. The summed E-state index contributed by atoms with van der Waals surface area (Å²) in [6, 6.07) is -1.91. The van der Waals surface area contributed by atoms with Crippen LogP contribution < -0.4 is 11.1 Å². The van der Waals surface area contributed by atoms with E-state index in [1.165, 1.54) is 0 Å². The number of nitrogens with two attached hydrogens (primary N) is 1. The lowest BCUT2D eigenvalue weighted by molar-refractivity contribution is 0.108. The zero-order valence-electron chi connectivity index (χ0n) is 4.53. The number of nitrogens with one attached hydrogen (secondary N) is 1. The van der Waals surface area contributed by atoms with Gasteiger partial charge in [-0.25, -0.2) is 13.6 Å². The molecule has 0 aliphatic heterocycles. The highest BCUT2D eigenvalue weighted by atomic mass is 19.3. The largest absolute Gasteiger partial charge is 0.352 e. The first kappa shape index (κ1) is 6.25. The van der Waals surface area contributed by atoms with Crippen molar-refractivity contribution in [2.75, 3.05) is 0 Å². The van der Waals surface area contributed by atoms with Gasteiger partial charge in [-0.1, -0.05) is 0 Å². The monoisotopic (exact) mass is 136 g/mol. The van der Waals surface area contributed by atoms with E-state index < -0.39 is 18.0 Å². The van der Waals surface area contributed by atoms with E-state index in [0.717, 1.165) is 0 Å². The second-order valence-electron chi connectivity index (χ2n) is 2.03. The Labute approximate surface area is 50.2 Å². The number of primary amides is 1. The van der Waals surface area contributed by atoms with Crippen LogP contribution in [0.1, 0.15) is 6.42 Å². The lowest BCUT2D eigenvalue weighted by Crippen LogP contribution is -2.33. The van der Waals surface area contributed by atoms with E-state index in [2.05, 4.69) is 5.73 Å². The normalized spacial score (nSPS) is 29.3. The molecule has 3 N–H and O–H groups in total. The molecule has 0 radical (unpaired) electrons. The summed E-state index contributed by atoms with van der Waals surface area (Å²) < 4.78 is 23.8. The topological polar surface area (TPSA) is 55.1 Å². The number of amides is 2. The Balaban J connectivity index is 2.28. The highest BCUT2D eigenvalue weighted by Gasteiger charge is 2.57. The molecule has 1 atom stereocenters. The van der Waals surface area contributed by atoms with Crippen LogP contribution in [0.25, 0.3) is 0 Å². The maximum absolute atomic E-state index is 11.9. The fourth-order valence-electron chi connectivity index (χ4n) is 0.542. The number of carbonyl (C=O) groups excluding carboxylic acids is 1. The molecule has 9 heavy (non-hydrogen) atoms. The first-order valence-corrected chi connectivity index (χ1v) is 2.46. The van der Waals surface area contributed by atoms with Gasteiger partial charge in [0.25, 0.3) is 5.92 Å². The molecule has 1 saturated carbocycles. The minimum atomic E-state index is -2.71. The zero-order chi connectivity index (χ0) is 7.07. The summed E-state index contributed by atoms with van der Waals surface area (Å²) in [6.45, 7) is 0. The van der Waals surface area contributed by atoms with Crippen molar-refractivity contribution in [1.82, 2.24) is 5.32 Å². The Morgan fingerprint density at radius 1 is 1.78 bits per heavy atom. The van der Waals surface area contributed by atoms with Gasteiger partial charge in [0, 0.05) is 6.42 Å². The van der Waals surface area contributed by atoms with Crippen LogP contribution in [-0.4, -0.2) is 18.0 Å². The molecule has 0 aromatic heterocycles. The molecule has 1 unspecified atom stereocenters. The van der Waals surface area contributed by atoms with Gasteiger partial charge in [-0.05, 0) is 0 Å². The third kappa shape index (κ3) is 1.28. The summed E-state index contributed by atoms with van der Waals surface area (Å²) in [5.74, 6) is -2.71. The molecule has 3 nitrogen and oxygen atoms in total. The molecule has 0 aromatic carbocycles. The van der Waals surface area contributed by atoms with Crippen LogP contribution in [0, 0.1) is 0 Å². The van der Waals surface area contributed by atoms with Gasteiger partial charge in [0.05, 0.1) is 0 Å². The predicted octanol–water partition coefficient (Wildman–Crippen LogP) is 0.0623. The third-order valence-corrected chi connectivity index (χ3v) is 1.14. The molecule has 0 aromatic rings. The molecule has 0 bridgehead atoms. The fourth-order valence-corrected chi connectivity index (χ4v) is 0.542. The van der Waals surface area contributed by atoms with Crippen LogP contribution in [0.4, 0.5) is 13.6 Å². The van der Waals surface area contributed by atoms with E-state index in [1.807, 2.05) is 5.32 Å². The molecule has 1 fully saturated rings.